The summed E-state index contributed by atoms with van der Waals surface area (Å²) in [6.07, 6.45) is 3.32. The van der Waals surface area contributed by atoms with E-state index >= 15 is 0 Å². The first-order valence-electron chi connectivity index (χ1n) is 9.34. The van der Waals surface area contributed by atoms with Gasteiger partial charge in [-0.25, -0.2) is 9.97 Å². The summed E-state index contributed by atoms with van der Waals surface area (Å²) in [6, 6.07) is 16.8. The number of para-hydroxylation sites is 1. The van der Waals surface area contributed by atoms with Gasteiger partial charge in [-0.3, -0.25) is 9.59 Å². The van der Waals surface area contributed by atoms with Crippen molar-refractivity contribution in [3.8, 4) is 10.6 Å². The highest BCUT2D eigenvalue weighted by Crippen LogP contribution is 2.31. The first-order valence-corrected chi connectivity index (χ1v) is 10.2. The quantitative estimate of drug-likeness (QED) is 0.322. The zero-order chi connectivity index (χ0) is 20.7. The highest BCUT2D eigenvalue weighted by molar-refractivity contribution is 7.21. The van der Waals surface area contributed by atoms with Crippen LogP contribution in [0.3, 0.4) is 0 Å². The summed E-state index contributed by atoms with van der Waals surface area (Å²) in [6.45, 7) is 1.89. The number of Topliss-reactive ketones (excluding diaryl/α,β-unsaturated/α-hetero) is 1. The molecule has 5 aromatic rings. The van der Waals surface area contributed by atoms with Crippen LogP contribution in [0.25, 0.3) is 31.8 Å². The maximum Gasteiger partial charge on any atom is 0.296 e. The average molecular weight is 412 g/mol. The SMILES string of the molecule is Cc1cc(-c2nc3cccnc3s2)ccc1NC(=O)C(=O)c1c[nH]c2ccccc12. The molecule has 0 aliphatic rings. The van der Waals surface area contributed by atoms with Crippen LogP contribution in [0, 0.1) is 6.92 Å². The summed E-state index contributed by atoms with van der Waals surface area (Å²) in [5.74, 6) is -1.24. The fraction of sp³-hybridized carbons (Fsp3) is 0.0435. The van der Waals surface area contributed by atoms with Crippen molar-refractivity contribution in [3.63, 3.8) is 0 Å². The van der Waals surface area contributed by atoms with Gasteiger partial charge in [-0.05, 0) is 48.9 Å². The van der Waals surface area contributed by atoms with Gasteiger partial charge in [0.15, 0.2) is 0 Å². The second kappa shape index (κ2) is 7.20. The van der Waals surface area contributed by atoms with Gasteiger partial charge in [0, 0.05) is 34.5 Å². The molecule has 1 amide bonds. The zero-order valence-electron chi connectivity index (χ0n) is 16.0. The van der Waals surface area contributed by atoms with Crippen LogP contribution in [-0.2, 0) is 4.79 Å². The Bertz CT molecular complexity index is 1400. The Morgan fingerprint density at radius 3 is 2.77 bits per heavy atom. The molecular weight excluding hydrogens is 396 g/mol. The normalized spacial score (nSPS) is 11.1. The summed E-state index contributed by atoms with van der Waals surface area (Å²) in [5, 5.41) is 4.33. The number of rotatable bonds is 4. The molecule has 0 aliphatic heterocycles. The number of benzene rings is 2. The molecule has 3 aromatic heterocycles. The number of aromatic nitrogens is 3. The molecule has 0 atom stereocenters. The van der Waals surface area contributed by atoms with Gasteiger partial charge in [0.05, 0.1) is 5.56 Å². The van der Waals surface area contributed by atoms with Crippen molar-refractivity contribution in [1.82, 2.24) is 15.0 Å². The number of nitrogens with one attached hydrogen (secondary N) is 2. The van der Waals surface area contributed by atoms with E-state index in [-0.39, 0.29) is 0 Å². The summed E-state index contributed by atoms with van der Waals surface area (Å²) in [5.41, 5.74) is 4.42. The Hall–Kier alpha value is -3.84. The predicted octanol–water partition coefficient (Wildman–Crippen LogP) is 4.97. The fourth-order valence-corrected chi connectivity index (χ4v) is 4.29. The van der Waals surface area contributed by atoms with E-state index in [9.17, 15) is 9.59 Å². The van der Waals surface area contributed by atoms with Crippen molar-refractivity contribution in [2.75, 3.05) is 5.32 Å². The van der Waals surface area contributed by atoms with Crippen LogP contribution in [0.2, 0.25) is 0 Å². The number of nitrogens with zero attached hydrogens (tertiary/aromatic N) is 2. The summed E-state index contributed by atoms with van der Waals surface area (Å²) in [7, 11) is 0. The lowest BCUT2D eigenvalue weighted by Crippen LogP contribution is -2.23. The van der Waals surface area contributed by atoms with Gasteiger partial charge >= 0.3 is 0 Å². The number of fused-ring (bicyclic) bond motifs is 2. The number of hydrogen-bond donors (Lipinski definition) is 2. The number of pyridine rings is 1. The highest BCUT2D eigenvalue weighted by Gasteiger charge is 2.20. The van der Waals surface area contributed by atoms with Crippen LogP contribution in [0.4, 0.5) is 5.69 Å². The van der Waals surface area contributed by atoms with E-state index < -0.39 is 11.7 Å². The van der Waals surface area contributed by atoms with Gasteiger partial charge in [-0.2, -0.15) is 0 Å². The number of carbonyl (C=O) groups excluding carboxylic acids is 2. The molecule has 0 bridgehead atoms. The van der Waals surface area contributed by atoms with Crippen LogP contribution in [0.15, 0.2) is 67.0 Å². The van der Waals surface area contributed by atoms with Crippen LogP contribution in [-0.4, -0.2) is 26.6 Å². The molecule has 2 aromatic carbocycles. The predicted molar refractivity (Wildman–Crippen MR) is 119 cm³/mol. The van der Waals surface area contributed by atoms with Crippen molar-refractivity contribution in [2.45, 2.75) is 6.92 Å². The molecule has 3 heterocycles. The molecule has 0 fully saturated rings. The van der Waals surface area contributed by atoms with Crippen molar-refractivity contribution < 1.29 is 9.59 Å². The van der Waals surface area contributed by atoms with E-state index in [4.69, 9.17) is 0 Å². The lowest BCUT2D eigenvalue weighted by atomic mass is 10.1. The minimum absolute atomic E-state index is 0.361. The Morgan fingerprint density at radius 2 is 1.93 bits per heavy atom. The van der Waals surface area contributed by atoms with Gasteiger partial charge in [-0.1, -0.05) is 29.5 Å². The first-order chi connectivity index (χ1) is 14.6. The molecule has 0 saturated carbocycles. The summed E-state index contributed by atoms with van der Waals surface area (Å²) in [4.78, 5) is 38.1. The first kappa shape index (κ1) is 18.2. The minimum Gasteiger partial charge on any atom is -0.360 e. The van der Waals surface area contributed by atoms with E-state index in [1.54, 1.807) is 18.5 Å². The Labute approximate surface area is 175 Å². The monoisotopic (exact) mass is 412 g/mol. The molecule has 0 saturated heterocycles. The fourth-order valence-electron chi connectivity index (χ4n) is 3.39. The molecular formula is C23H16N4O2S. The Kier molecular flexibility index (Phi) is 4.37. The molecule has 146 valence electrons. The number of ketones is 1. The summed E-state index contributed by atoms with van der Waals surface area (Å²) >= 11 is 1.52. The zero-order valence-corrected chi connectivity index (χ0v) is 16.8. The van der Waals surface area contributed by atoms with E-state index in [1.165, 1.54) is 11.3 Å². The number of amides is 1. The number of aromatic amines is 1. The topological polar surface area (TPSA) is 87.7 Å². The third-order valence-electron chi connectivity index (χ3n) is 4.93. The molecule has 0 radical (unpaired) electrons. The van der Waals surface area contributed by atoms with Gasteiger partial charge in [0.1, 0.15) is 15.4 Å². The van der Waals surface area contributed by atoms with Crippen molar-refractivity contribution >= 4 is 50.0 Å². The third-order valence-corrected chi connectivity index (χ3v) is 5.96. The number of carbonyl (C=O) groups is 2. The Morgan fingerprint density at radius 1 is 1.07 bits per heavy atom. The van der Waals surface area contributed by atoms with Crippen molar-refractivity contribution in [3.05, 3.63) is 78.1 Å². The minimum atomic E-state index is -0.667. The smallest absolute Gasteiger partial charge is 0.296 e. The molecule has 0 aliphatic carbocycles. The molecule has 5 rings (SSSR count). The largest absolute Gasteiger partial charge is 0.360 e. The molecule has 0 spiro atoms. The Balaban J connectivity index is 1.39. The van der Waals surface area contributed by atoms with Crippen LogP contribution < -0.4 is 5.32 Å². The van der Waals surface area contributed by atoms with Gasteiger partial charge < -0.3 is 10.3 Å². The van der Waals surface area contributed by atoms with Gasteiger partial charge in [-0.15, -0.1) is 0 Å². The highest BCUT2D eigenvalue weighted by atomic mass is 32.1. The maximum absolute atomic E-state index is 12.7. The van der Waals surface area contributed by atoms with E-state index in [0.29, 0.717) is 11.3 Å². The van der Waals surface area contributed by atoms with E-state index in [1.807, 2.05) is 55.5 Å². The van der Waals surface area contributed by atoms with E-state index in [0.717, 1.165) is 37.4 Å². The second-order valence-corrected chi connectivity index (χ2v) is 7.89. The van der Waals surface area contributed by atoms with Crippen LogP contribution in [0.5, 0.6) is 0 Å². The molecule has 7 heteroatoms. The number of hydrogen-bond acceptors (Lipinski definition) is 5. The molecule has 2 N–H and O–H groups in total. The van der Waals surface area contributed by atoms with Crippen molar-refractivity contribution in [2.24, 2.45) is 0 Å². The van der Waals surface area contributed by atoms with Crippen LogP contribution >= 0.6 is 11.3 Å². The average Bonchev–Trinajstić information content (AvgIpc) is 3.39. The third kappa shape index (κ3) is 3.15. The standard InChI is InChI=1S/C23H16N4O2S/c1-13-11-14(22-27-19-7-4-10-24-23(19)30-22)8-9-17(13)26-21(29)20(28)16-12-25-18-6-3-2-5-15(16)18/h2-12,25H,1H3,(H,26,29). The molecule has 30 heavy (non-hydrogen) atoms. The van der Waals surface area contributed by atoms with Gasteiger partial charge in [0.2, 0.25) is 0 Å². The number of thiazole rings is 1. The maximum atomic E-state index is 12.7. The summed E-state index contributed by atoms with van der Waals surface area (Å²) < 4.78 is 0. The lowest BCUT2D eigenvalue weighted by Gasteiger charge is -2.09. The number of aryl methyl sites for hydroxylation is 1. The number of H-pyrrole nitrogens is 1. The van der Waals surface area contributed by atoms with Crippen LogP contribution in [0.1, 0.15) is 15.9 Å². The van der Waals surface area contributed by atoms with Gasteiger partial charge in [0.25, 0.3) is 11.7 Å². The molecule has 6 nitrogen and oxygen atoms in total. The van der Waals surface area contributed by atoms with Crippen molar-refractivity contribution in [1.29, 1.82) is 0 Å². The lowest BCUT2D eigenvalue weighted by molar-refractivity contribution is -0.112. The second-order valence-electron chi connectivity index (χ2n) is 6.91. The number of anilines is 1. The molecule has 0 unspecified atom stereocenters. The van der Waals surface area contributed by atoms with E-state index in [2.05, 4.69) is 20.3 Å².